The zero-order valence-electron chi connectivity index (χ0n) is 22.5. The Balaban J connectivity index is 1.71. The fourth-order valence-electron chi connectivity index (χ4n) is 3.07. The summed E-state index contributed by atoms with van der Waals surface area (Å²) in [7, 11) is 0. The van der Waals surface area contributed by atoms with Crippen LogP contribution in [0.5, 0.6) is 0 Å². The van der Waals surface area contributed by atoms with Gasteiger partial charge in [-0.25, -0.2) is 9.59 Å². The molecule has 1 aromatic carbocycles. The van der Waals surface area contributed by atoms with E-state index in [1.165, 1.54) is 24.3 Å². The lowest BCUT2D eigenvalue weighted by Gasteiger charge is -2.22. The molecular formula is C26H30N6O8S. The van der Waals surface area contributed by atoms with E-state index in [1.807, 2.05) is 6.07 Å². The second-order valence-electron chi connectivity index (χ2n) is 9.50. The number of carboxylic acids is 1. The summed E-state index contributed by atoms with van der Waals surface area (Å²) in [5.41, 5.74) is 0.181. The maximum Gasteiger partial charge on any atom is 0.408 e. The van der Waals surface area contributed by atoms with Crippen LogP contribution in [0, 0.1) is 11.3 Å². The van der Waals surface area contributed by atoms with Crippen LogP contribution in [0.25, 0.3) is 0 Å². The summed E-state index contributed by atoms with van der Waals surface area (Å²) in [5.74, 6) is -3.57. The number of carbonyl (C=O) groups is 6. The maximum absolute atomic E-state index is 12.2. The van der Waals surface area contributed by atoms with Crippen molar-refractivity contribution < 1.29 is 38.6 Å². The van der Waals surface area contributed by atoms with Gasteiger partial charge in [0, 0.05) is 12.1 Å². The number of amides is 5. The zero-order valence-corrected chi connectivity index (χ0v) is 23.3. The number of carboxylic acid groups (broad SMARTS) is 1. The molecule has 0 unspecified atom stereocenters. The Bertz CT molecular complexity index is 1330. The van der Waals surface area contributed by atoms with Crippen molar-refractivity contribution in [3.8, 4) is 6.07 Å². The van der Waals surface area contributed by atoms with Gasteiger partial charge in [0.15, 0.2) is 0 Å². The second kappa shape index (κ2) is 15.0. The molecule has 0 fully saturated rings. The highest BCUT2D eigenvalue weighted by Gasteiger charge is 2.24. The van der Waals surface area contributed by atoms with Crippen molar-refractivity contribution in [1.29, 1.82) is 5.26 Å². The molecule has 0 aliphatic rings. The molecule has 6 N–H and O–H groups in total. The van der Waals surface area contributed by atoms with E-state index in [-0.39, 0.29) is 24.4 Å². The third-order valence-corrected chi connectivity index (χ3v) is 5.90. The first-order chi connectivity index (χ1) is 19.3. The Morgan fingerprint density at radius 1 is 0.902 bits per heavy atom. The van der Waals surface area contributed by atoms with Gasteiger partial charge in [-0.15, -0.1) is 11.3 Å². The van der Waals surface area contributed by atoms with Gasteiger partial charge in [-0.05, 0) is 50.6 Å². The van der Waals surface area contributed by atoms with E-state index in [0.717, 1.165) is 11.3 Å². The Hall–Kier alpha value is -4.97. The second-order valence-corrected chi connectivity index (χ2v) is 10.6. The summed E-state index contributed by atoms with van der Waals surface area (Å²) in [5, 5.41) is 30.1. The molecule has 5 amide bonds. The van der Waals surface area contributed by atoms with Gasteiger partial charge in [0.25, 0.3) is 5.91 Å². The predicted octanol–water partition coefficient (Wildman–Crippen LogP) is 0.741. The molecule has 41 heavy (non-hydrogen) atoms. The Kier molecular flexibility index (Phi) is 11.8. The van der Waals surface area contributed by atoms with Crippen molar-refractivity contribution in [2.24, 2.45) is 0 Å². The maximum atomic E-state index is 12.2. The summed E-state index contributed by atoms with van der Waals surface area (Å²) in [6, 6.07) is 9.86. The molecule has 15 heteroatoms. The Morgan fingerprint density at radius 2 is 1.49 bits per heavy atom. The van der Waals surface area contributed by atoms with Gasteiger partial charge in [-0.1, -0.05) is 12.1 Å². The van der Waals surface area contributed by atoms with E-state index in [0.29, 0.717) is 16.1 Å². The molecule has 14 nitrogen and oxygen atoms in total. The van der Waals surface area contributed by atoms with Crippen molar-refractivity contribution >= 4 is 52.7 Å². The van der Waals surface area contributed by atoms with E-state index in [1.54, 1.807) is 32.9 Å². The molecular weight excluding hydrogens is 556 g/mol. The molecule has 1 aromatic heterocycles. The summed E-state index contributed by atoms with van der Waals surface area (Å²) < 4.78 is 5.09. The molecule has 0 spiro atoms. The summed E-state index contributed by atoms with van der Waals surface area (Å²) >= 11 is 0.981. The molecule has 1 heterocycles. The van der Waals surface area contributed by atoms with Crippen molar-refractivity contribution in [3.63, 3.8) is 0 Å². The van der Waals surface area contributed by atoms with Crippen molar-refractivity contribution in [2.45, 2.75) is 38.8 Å². The number of thiophene rings is 1. The first-order valence-corrected chi connectivity index (χ1v) is 13.0. The SMILES string of the molecule is CC(C)(C)OC(=O)N[C@@H](Cc1ccc(NC(=O)CNC(=O)CNC(=O)CNC(=O)c2ccc(C#N)s2)cc1)C(=O)O. The minimum Gasteiger partial charge on any atom is -0.480 e. The topological polar surface area (TPSA) is 216 Å². The number of anilines is 1. The van der Waals surface area contributed by atoms with E-state index >= 15 is 0 Å². The van der Waals surface area contributed by atoms with Gasteiger partial charge in [0.2, 0.25) is 17.7 Å². The van der Waals surface area contributed by atoms with Gasteiger partial charge >= 0.3 is 12.1 Å². The van der Waals surface area contributed by atoms with Crippen molar-refractivity contribution in [3.05, 3.63) is 51.7 Å². The number of hydrogen-bond acceptors (Lipinski definition) is 9. The van der Waals surface area contributed by atoms with Gasteiger partial charge in [0.05, 0.1) is 24.5 Å². The third kappa shape index (κ3) is 12.2. The average molecular weight is 587 g/mol. The monoisotopic (exact) mass is 586 g/mol. The van der Waals surface area contributed by atoms with Crippen molar-refractivity contribution in [1.82, 2.24) is 21.3 Å². The lowest BCUT2D eigenvalue weighted by molar-refractivity contribution is -0.139. The van der Waals surface area contributed by atoms with E-state index < -0.39 is 53.9 Å². The summed E-state index contributed by atoms with van der Waals surface area (Å²) in [6.07, 6.45) is -0.878. The van der Waals surface area contributed by atoms with Gasteiger partial charge in [-0.3, -0.25) is 19.2 Å². The molecule has 0 radical (unpaired) electrons. The number of benzene rings is 1. The number of nitrogens with zero attached hydrogens (tertiary/aromatic N) is 1. The first kappa shape index (κ1) is 32.2. The molecule has 1 atom stereocenters. The minimum absolute atomic E-state index is 0.0234. The Morgan fingerprint density at radius 3 is 2.02 bits per heavy atom. The van der Waals surface area contributed by atoms with Crippen LogP contribution in [-0.4, -0.2) is 72.1 Å². The molecule has 0 saturated carbocycles. The van der Waals surface area contributed by atoms with Crippen molar-refractivity contribution in [2.75, 3.05) is 25.0 Å². The number of alkyl carbamates (subject to hydrolysis) is 1. The highest BCUT2D eigenvalue weighted by molar-refractivity contribution is 7.14. The zero-order chi connectivity index (χ0) is 30.6. The number of nitrogens with one attached hydrogen (secondary N) is 5. The van der Waals surface area contributed by atoms with Gasteiger partial charge < -0.3 is 36.4 Å². The summed E-state index contributed by atoms with van der Waals surface area (Å²) in [6.45, 7) is 3.79. The van der Waals surface area contributed by atoms with E-state index in [4.69, 9.17) is 10.00 Å². The first-order valence-electron chi connectivity index (χ1n) is 12.2. The highest BCUT2D eigenvalue weighted by Crippen LogP contribution is 2.15. The van der Waals surface area contributed by atoms with E-state index in [9.17, 15) is 33.9 Å². The van der Waals surface area contributed by atoms with Gasteiger partial charge in [-0.2, -0.15) is 5.26 Å². The lowest BCUT2D eigenvalue weighted by Crippen LogP contribution is -2.44. The lowest BCUT2D eigenvalue weighted by atomic mass is 10.1. The van der Waals surface area contributed by atoms with Crippen LogP contribution in [0.3, 0.4) is 0 Å². The average Bonchev–Trinajstić information content (AvgIpc) is 3.38. The van der Waals surface area contributed by atoms with Gasteiger partial charge in [0.1, 0.15) is 22.6 Å². The Labute approximate surface area is 239 Å². The molecule has 2 aromatic rings. The number of carbonyl (C=O) groups excluding carboxylic acids is 5. The normalized spacial score (nSPS) is 11.3. The number of nitriles is 1. The third-order valence-electron chi connectivity index (χ3n) is 4.91. The van der Waals surface area contributed by atoms with Crippen LogP contribution in [0.1, 0.15) is 40.9 Å². The number of aliphatic carboxylic acids is 1. The summed E-state index contributed by atoms with van der Waals surface area (Å²) in [4.78, 5) is 72.0. The quantitative estimate of drug-likeness (QED) is 0.206. The predicted molar refractivity (Wildman–Crippen MR) is 147 cm³/mol. The molecule has 2 rings (SSSR count). The fraction of sp³-hybridized carbons (Fsp3) is 0.346. The largest absolute Gasteiger partial charge is 0.480 e. The molecule has 218 valence electrons. The number of rotatable bonds is 12. The minimum atomic E-state index is -1.24. The number of hydrogen-bond donors (Lipinski definition) is 6. The fourth-order valence-corrected chi connectivity index (χ4v) is 3.78. The molecule has 0 aliphatic carbocycles. The molecule has 0 saturated heterocycles. The van der Waals surface area contributed by atoms with Crippen LogP contribution in [0.2, 0.25) is 0 Å². The van der Waals surface area contributed by atoms with Crippen LogP contribution in [0.15, 0.2) is 36.4 Å². The van der Waals surface area contributed by atoms with Crippen LogP contribution in [-0.2, 0) is 30.3 Å². The van der Waals surface area contributed by atoms with Crippen LogP contribution < -0.4 is 26.6 Å². The standard InChI is InChI=1S/C26H30N6O8S/c1-26(2,3)40-25(39)32-18(24(37)38)10-15-4-6-16(7-5-15)31-22(35)14-29-20(33)12-28-21(34)13-30-23(36)19-9-8-17(11-27)41-19/h4-9,18H,10,12-14H2,1-3H3,(H,28,34)(H,29,33)(H,30,36)(H,31,35)(H,32,39)(H,37,38)/t18-/m0/s1. The van der Waals surface area contributed by atoms with E-state index in [2.05, 4.69) is 26.6 Å². The highest BCUT2D eigenvalue weighted by atomic mass is 32.1. The van der Waals surface area contributed by atoms with Crippen LogP contribution in [0.4, 0.5) is 10.5 Å². The smallest absolute Gasteiger partial charge is 0.408 e. The number of ether oxygens (including phenoxy) is 1. The van der Waals surface area contributed by atoms with Crippen LogP contribution >= 0.6 is 11.3 Å². The molecule has 0 aliphatic heterocycles. The molecule has 0 bridgehead atoms.